The average molecular weight is 230 g/mol. The summed E-state index contributed by atoms with van der Waals surface area (Å²) in [6.07, 6.45) is 5.18. The summed E-state index contributed by atoms with van der Waals surface area (Å²) in [5, 5.41) is 0. The van der Waals surface area contributed by atoms with Crippen LogP contribution in [-0.2, 0) is 24.1 Å². The van der Waals surface area contributed by atoms with Gasteiger partial charge in [0.1, 0.15) is 5.78 Å². The molecule has 0 unspecified atom stereocenters. The number of rotatable bonds is 4. The molecule has 0 aromatic heterocycles. The predicted octanol–water partition coefficient (Wildman–Crippen LogP) is 3.72. The van der Waals surface area contributed by atoms with Gasteiger partial charge in [-0.25, -0.2) is 0 Å². The van der Waals surface area contributed by atoms with E-state index in [1.54, 1.807) is 0 Å². The summed E-state index contributed by atoms with van der Waals surface area (Å²) < 4.78 is 0. The average Bonchev–Trinajstić information content (AvgIpc) is 2.76. The van der Waals surface area contributed by atoms with E-state index in [0.29, 0.717) is 12.2 Å². The van der Waals surface area contributed by atoms with Crippen LogP contribution in [0.1, 0.15) is 50.3 Å². The number of hydrogen-bond donors (Lipinski definition) is 0. The smallest absolute Gasteiger partial charge is 0.142 e. The van der Waals surface area contributed by atoms with Crippen LogP contribution in [0.25, 0.3) is 0 Å². The number of aryl methyl sites for hydroxylation is 2. The lowest BCUT2D eigenvalue weighted by atomic mass is 9.82. The van der Waals surface area contributed by atoms with Crippen LogP contribution in [0.5, 0.6) is 0 Å². The molecule has 0 spiro atoms. The van der Waals surface area contributed by atoms with E-state index in [9.17, 15) is 4.79 Å². The molecule has 0 radical (unpaired) electrons. The maximum atomic E-state index is 12.2. The Labute approximate surface area is 104 Å². The second kappa shape index (κ2) is 4.64. The van der Waals surface area contributed by atoms with Gasteiger partial charge in [0.2, 0.25) is 0 Å². The van der Waals surface area contributed by atoms with Crippen molar-refractivity contribution < 1.29 is 4.79 Å². The van der Waals surface area contributed by atoms with Gasteiger partial charge >= 0.3 is 0 Å². The van der Waals surface area contributed by atoms with Crippen molar-refractivity contribution in [3.8, 4) is 0 Å². The molecule has 1 aromatic carbocycles. The lowest BCUT2D eigenvalue weighted by molar-refractivity contribution is -0.126. The fourth-order valence-electron chi connectivity index (χ4n) is 2.36. The number of Topliss-reactive ketones (excluding diaryl/α,β-unsaturated/α-hetero) is 1. The molecule has 0 aliphatic heterocycles. The molecule has 2 rings (SSSR count). The van der Waals surface area contributed by atoms with Crippen molar-refractivity contribution in [3.63, 3.8) is 0 Å². The third-order valence-electron chi connectivity index (χ3n) is 4.17. The summed E-state index contributed by atoms with van der Waals surface area (Å²) >= 11 is 0. The third-order valence-corrected chi connectivity index (χ3v) is 4.17. The molecule has 17 heavy (non-hydrogen) atoms. The fourth-order valence-corrected chi connectivity index (χ4v) is 2.36. The second-order valence-electron chi connectivity index (χ2n) is 5.79. The van der Waals surface area contributed by atoms with Gasteiger partial charge in [0.05, 0.1) is 0 Å². The summed E-state index contributed by atoms with van der Waals surface area (Å²) in [6, 6.07) is 6.59. The summed E-state index contributed by atoms with van der Waals surface area (Å²) in [6.45, 7) is 6.17. The van der Waals surface area contributed by atoms with E-state index in [1.807, 2.05) is 13.8 Å². The highest BCUT2D eigenvalue weighted by atomic mass is 16.1. The first-order valence-electron chi connectivity index (χ1n) is 6.67. The van der Waals surface area contributed by atoms with Crippen LogP contribution in [0, 0.1) is 5.41 Å². The van der Waals surface area contributed by atoms with Crippen molar-refractivity contribution in [2.75, 3.05) is 0 Å². The molecule has 0 heterocycles. The van der Waals surface area contributed by atoms with Crippen LogP contribution in [0.4, 0.5) is 0 Å². The minimum Gasteiger partial charge on any atom is -0.299 e. The van der Waals surface area contributed by atoms with Gasteiger partial charge in [-0.1, -0.05) is 39.0 Å². The Kier molecular flexibility index (Phi) is 3.37. The van der Waals surface area contributed by atoms with E-state index >= 15 is 0 Å². The van der Waals surface area contributed by atoms with Crippen LogP contribution in [0.2, 0.25) is 0 Å². The van der Waals surface area contributed by atoms with Crippen molar-refractivity contribution in [2.24, 2.45) is 5.41 Å². The second-order valence-corrected chi connectivity index (χ2v) is 5.79. The standard InChI is InChI=1S/C16H22O/c1-4-16(2,3)15(17)11-12-8-9-13-6-5-7-14(13)10-12/h8-10H,4-7,11H2,1-3H3. The number of fused-ring (bicyclic) bond motifs is 1. The molecule has 0 fully saturated rings. The Balaban J connectivity index is 2.12. The molecule has 0 saturated carbocycles. The summed E-state index contributed by atoms with van der Waals surface area (Å²) in [7, 11) is 0. The molecule has 0 amide bonds. The van der Waals surface area contributed by atoms with E-state index in [1.165, 1.54) is 36.0 Å². The molecule has 1 aliphatic rings. The molecule has 0 bridgehead atoms. The zero-order valence-corrected chi connectivity index (χ0v) is 11.2. The van der Waals surface area contributed by atoms with E-state index < -0.39 is 0 Å². The highest BCUT2D eigenvalue weighted by Crippen LogP contribution is 2.26. The van der Waals surface area contributed by atoms with Gasteiger partial charge in [-0.3, -0.25) is 4.79 Å². The number of ketones is 1. The lowest BCUT2D eigenvalue weighted by Gasteiger charge is -2.20. The van der Waals surface area contributed by atoms with E-state index in [-0.39, 0.29) is 5.41 Å². The maximum Gasteiger partial charge on any atom is 0.142 e. The van der Waals surface area contributed by atoms with Crippen molar-refractivity contribution in [1.29, 1.82) is 0 Å². The minimum atomic E-state index is -0.182. The number of benzene rings is 1. The Bertz CT molecular complexity index is 429. The monoisotopic (exact) mass is 230 g/mol. The van der Waals surface area contributed by atoms with Crippen molar-refractivity contribution in [1.82, 2.24) is 0 Å². The molecule has 0 N–H and O–H groups in total. The summed E-state index contributed by atoms with van der Waals surface area (Å²) in [5.74, 6) is 0.359. The summed E-state index contributed by atoms with van der Waals surface area (Å²) in [5.41, 5.74) is 3.96. The van der Waals surface area contributed by atoms with Crippen molar-refractivity contribution >= 4 is 5.78 Å². The normalized spacial score (nSPS) is 14.8. The van der Waals surface area contributed by atoms with Gasteiger partial charge in [-0.2, -0.15) is 0 Å². The molecule has 1 aliphatic carbocycles. The number of carbonyl (C=O) groups excluding carboxylic acids is 1. The summed E-state index contributed by atoms with van der Waals surface area (Å²) in [4.78, 5) is 12.2. The largest absolute Gasteiger partial charge is 0.299 e. The first-order valence-corrected chi connectivity index (χ1v) is 6.67. The van der Waals surface area contributed by atoms with E-state index in [4.69, 9.17) is 0 Å². The van der Waals surface area contributed by atoms with Gasteiger partial charge in [-0.05, 0) is 42.4 Å². The Morgan fingerprint density at radius 3 is 2.65 bits per heavy atom. The Morgan fingerprint density at radius 2 is 1.94 bits per heavy atom. The minimum absolute atomic E-state index is 0.182. The quantitative estimate of drug-likeness (QED) is 0.770. The SMILES string of the molecule is CCC(C)(C)C(=O)Cc1ccc2c(c1)CCC2. The lowest BCUT2D eigenvalue weighted by Crippen LogP contribution is -2.25. The number of hydrogen-bond acceptors (Lipinski definition) is 1. The van der Waals surface area contributed by atoms with Gasteiger partial charge in [0, 0.05) is 11.8 Å². The Hall–Kier alpha value is -1.11. The third kappa shape index (κ3) is 2.59. The topological polar surface area (TPSA) is 17.1 Å². The van der Waals surface area contributed by atoms with Crippen LogP contribution in [0.15, 0.2) is 18.2 Å². The molecule has 92 valence electrons. The first kappa shape index (κ1) is 12.3. The highest BCUT2D eigenvalue weighted by Gasteiger charge is 2.25. The molecule has 1 aromatic rings. The van der Waals surface area contributed by atoms with Crippen LogP contribution < -0.4 is 0 Å². The first-order chi connectivity index (χ1) is 8.03. The van der Waals surface area contributed by atoms with Crippen LogP contribution >= 0.6 is 0 Å². The van der Waals surface area contributed by atoms with Gasteiger partial charge in [0.15, 0.2) is 0 Å². The van der Waals surface area contributed by atoms with Crippen molar-refractivity contribution in [2.45, 2.75) is 52.9 Å². The molecule has 1 heteroatoms. The van der Waals surface area contributed by atoms with E-state index in [0.717, 1.165) is 6.42 Å². The maximum absolute atomic E-state index is 12.2. The number of carbonyl (C=O) groups is 1. The zero-order chi connectivity index (χ0) is 12.5. The van der Waals surface area contributed by atoms with Gasteiger partial charge < -0.3 is 0 Å². The Morgan fingerprint density at radius 1 is 1.24 bits per heavy atom. The van der Waals surface area contributed by atoms with Gasteiger partial charge in [-0.15, -0.1) is 0 Å². The predicted molar refractivity (Wildman–Crippen MR) is 71.3 cm³/mol. The highest BCUT2D eigenvalue weighted by molar-refractivity contribution is 5.86. The molecule has 0 saturated heterocycles. The fraction of sp³-hybridized carbons (Fsp3) is 0.562. The van der Waals surface area contributed by atoms with E-state index in [2.05, 4.69) is 25.1 Å². The van der Waals surface area contributed by atoms with Crippen molar-refractivity contribution in [3.05, 3.63) is 34.9 Å². The zero-order valence-electron chi connectivity index (χ0n) is 11.2. The van der Waals surface area contributed by atoms with Crippen LogP contribution in [0.3, 0.4) is 0 Å². The molecule has 1 nitrogen and oxygen atoms in total. The van der Waals surface area contributed by atoms with Gasteiger partial charge in [0.25, 0.3) is 0 Å². The molecular formula is C16H22O. The molecular weight excluding hydrogens is 208 g/mol. The molecule has 0 atom stereocenters. The van der Waals surface area contributed by atoms with Crippen LogP contribution in [-0.4, -0.2) is 5.78 Å².